The number of hydrogen-bond donors (Lipinski definition) is 1. The molecule has 0 spiro atoms. The van der Waals surface area contributed by atoms with Gasteiger partial charge in [-0.25, -0.2) is 0 Å². The molecule has 6 nitrogen and oxygen atoms in total. The average molecular weight is 189 g/mol. The molecule has 0 aliphatic carbocycles. The van der Waals surface area contributed by atoms with Gasteiger partial charge in [-0.1, -0.05) is 12.6 Å². The Morgan fingerprint density at radius 2 is 1.00 bits per heavy atom. The van der Waals surface area contributed by atoms with Crippen LogP contribution < -0.4 is 51.4 Å². The van der Waals surface area contributed by atoms with Crippen molar-refractivity contribution in [2.45, 2.75) is 0 Å². The Bertz CT molecular complexity index is 43.1. The van der Waals surface area contributed by atoms with E-state index in [1.807, 2.05) is 0 Å². The zero-order valence-electron chi connectivity index (χ0n) is 5.89. The largest absolute Gasteiger partial charge is 1.00 e. The Morgan fingerprint density at radius 1 is 1.00 bits per heavy atom. The number of thiol groups is 1. The number of hydrogen-bond acceptors (Lipinski definition) is 2. The van der Waals surface area contributed by atoms with Crippen molar-refractivity contribution in [3.8, 4) is 5.40 Å². The molecule has 0 aromatic rings. The molecule has 0 atom stereocenters. The average Bonchev–Trinajstić information content (AvgIpc) is 0.918. The summed E-state index contributed by atoms with van der Waals surface area (Å²) >= 11 is 3.09. The molecule has 8 heteroatoms. The second-order valence-corrected chi connectivity index (χ2v) is 0.300. The van der Waals surface area contributed by atoms with Crippen LogP contribution in [-0.2, 0) is 0 Å². The summed E-state index contributed by atoms with van der Waals surface area (Å²) < 4.78 is 0. The summed E-state index contributed by atoms with van der Waals surface area (Å²) in [7, 11) is 0. The van der Waals surface area contributed by atoms with Gasteiger partial charge >= 0.3 is 51.4 Å². The molecule has 0 radical (unpaired) electrons. The molecular weight excluding hydrogens is 177 g/mol. The third kappa shape index (κ3) is 301. The van der Waals surface area contributed by atoms with E-state index >= 15 is 0 Å². The first-order valence-electron chi connectivity index (χ1n) is 0.447. The SMILES string of the molecule is N#CS.O.O.O.O.O.[H-].[K+]. The predicted octanol–water partition coefficient (Wildman–Crippen LogP) is -6.61. The number of nitrogens with zero attached hydrogens (tertiary/aromatic N) is 1. The first-order valence-corrected chi connectivity index (χ1v) is 0.894. The van der Waals surface area contributed by atoms with E-state index in [1.165, 1.54) is 5.40 Å². The number of nitriles is 1. The van der Waals surface area contributed by atoms with Gasteiger partial charge in [0.1, 0.15) is 5.40 Å². The fraction of sp³-hybridized carbons (Fsp3) is 0. The predicted molar refractivity (Wildman–Crippen MR) is 33.8 cm³/mol. The molecule has 0 fully saturated rings. The zero-order valence-corrected chi connectivity index (χ0v) is 8.91. The summed E-state index contributed by atoms with van der Waals surface area (Å²) in [4.78, 5) is 0. The van der Waals surface area contributed by atoms with E-state index in [-0.39, 0.29) is 80.2 Å². The van der Waals surface area contributed by atoms with Gasteiger partial charge in [-0.15, -0.1) is 0 Å². The molecule has 9 heavy (non-hydrogen) atoms. The van der Waals surface area contributed by atoms with Crippen LogP contribution in [0.2, 0.25) is 0 Å². The van der Waals surface area contributed by atoms with Crippen LogP contribution in [0, 0.1) is 10.7 Å². The Hall–Kier alpha value is 1.28. The topological polar surface area (TPSA) is 181 Å². The second-order valence-electron chi connectivity index (χ2n) is 0.100. The fourth-order valence-electron chi connectivity index (χ4n) is 0. The maximum atomic E-state index is 7.18. The Balaban J connectivity index is -0.000000000952. The van der Waals surface area contributed by atoms with Gasteiger partial charge in [0.25, 0.3) is 0 Å². The molecule has 0 heterocycles. The zero-order chi connectivity index (χ0) is 2.71. The van der Waals surface area contributed by atoms with Crippen molar-refractivity contribution >= 4 is 12.6 Å². The smallest absolute Gasteiger partial charge is 1.00 e. The van der Waals surface area contributed by atoms with Crippen LogP contribution in [0.3, 0.4) is 0 Å². The normalized spacial score (nSPS) is 0.889. The maximum absolute atomic E-state index is 7.18. The van der Waals surface area contributed by atoms with Crippen molar-refractivity contribution < 1.29 is 80.2 Å². The minimum absolute atomic E-state index is 0. The Labute approximate surface area is 102 Å². The van der Waals surface area contributed by atoms with Crippen LogP contribution in [0.25, 0.3) is 0 Å². The third-order valence-corrected chi connectivity index (χ3v) is 0. The van der Waals surface area contributed by atoms with Gasteiger partial charge in [-0.2, -0.15) is 5.26 Å². The van der Waals surface area contributed by atoms with Gasteiger partial charge < -0.3 is 28.8 Å². The summed E-state index contributed by atoms with van der Waals surface area (Å²) in [5.41, 5.74) is 0. The van der Waals surface area contributed by atoms with Crippen LogP contribution in [0.1, 0.15) is 1.43 Å². The van der Waals surface area contributed by atoms with Gasteiger partial charge in [-0.3, -0.25) is 0 Å². The quantitative estimate of drug-likeness (QED) is 0.222. The molecule has 0 saturated heterocycles. The summed E-state index contributed by atoms with van der Waals surface area (Å²) in [5, 5.41) is 8.63. The first kappa shape index (κ1) is 82.4. The van der Waals surface area contributed by atoms with Crippen molar-refractivity contribution in [3.63, 3.8) is 0 Å². The van der Waals surface area contributed by atoms with E-state index in [9.17, 15) is 0 Å². The molecule has 0 aromatic heterocycles. The number of rotatable bonds is 0. The Morgan fingerprint density at radius 3 is 1.00 bits per heavy atom. The van der Waals surface area contributed by atoms with Crippen molar-refractivity contribution in [1.82, 2.24) is 0 Å². The van der Waals surface area contributed by atoms with Crippen LogP contribution >= 0.6 is 12.6 Å². The molecule has 0 bridgehead atoms. The van der Waals surface area contributed by atoms with Crippen LogP contribution in [-0.4, -0.2) is 27.4 Å². The van der Waals surface area contributed by atoms with Gasteiger partial charge in [0.2, 0.25) is 0 Å². The second kappa shape index (κ2) is 123. The Kier molecular flexibility index (Phi) is 1120. The molecular formula is CH12KNO5S. The van der Waals surface area contributed by atoms with E-state index in [0.29, 0.717) is 0 Å². The van der Waals surface area contributed by atoms with Crippen molar-refractivity contribution in [2.75, 3.05) is 0 Å². The standard InChI is InChI=1S/CHNS.K.5H2O.H/c2-1-3;;;;;;;/h3H;;5*1H2;/q;+1;;;;;;-1. The fourth-order valence-corrected chi connectivity index (χ4v) is 0. The third-order valence-electron chi connectivity index (χ3n) is 0. The first-order chi connectivity index (χ1) is 1.41. The molecule has 0 amide bonds. The monoisotopic (exact) mass is 189 g/mol. The van der Waals surface area contributed by atoms with Crippen molar-refractivity contribution in [3.05, 3.63) is 0 Å². The molecule has 58 valence electrons. The molecule has 10 N–H and O–H groups in total. The molecule has 0 unspecified atom stereocenters. The molecule has 0 saturated carbocycles. The minimum Gasteiger partial charge on any atom is -1.00 e. The van der Waals surface area contributed by atoms with Crippen LogP contribution in [0.15, 0.2) is 0 Å². The molecule has 0 aromatic carbocycles. The summed E-state index contributed by atoms with van der Waals surface area (Å²) in [6.07, 6.45) is 0. The summed E-state index contributed by atoms with van der Waals surface area (Å²) in [6.45, 7) is 0. The van der Waals surface area contributed by atoms with E-state index in [2.05, 4.69) is 12.6 Å². The van der Waals surface area contributed by atoms with E-state index in [1.54, 1.807) is 0 Å². The van der Waals surface area contributed by atoms with Crippen LogP contribution in [0.5, 0.6) is 0 Å². The van der Waals surface area contributed by atoms with Gasteiger partial charge in [0, 0.05) is 0 Å². The summed E-state index contributed by atoms with van der Waals surface area (Å²) in [6, 6.07) is 0. The maximum Gasteiger partial charge on any atom is 1.00 e. The van der Waals surface area contributed by atoms with E-state index < -0.39 is 0 Å². The van der Waals surface area contributed by atoms with Gasteiger partial charge in [-0.05, 0) is 0 Å². The minimum atomic E-state index is 0. The number of thiocyanates is 1. The van der Waals surface area contributed by atoms with Crippen LogP contribution in [0.4, 0.5) is 0 Å². The summed E-state index contributed by atoms with van der Waals surface area (Å²) in [5.74, 6) is 0. The molecule has 0 aliphatic rings. The van der Waals surface area contributed by atoms with Crippen molar-refractivity contribution in [1.29, 1.82) is 5.26 Å². The molecule has 0 aliphatic heterocycles. The molecule has 0 rings (SSSR count). The van der Waals surface area contributed by atoms with Gasteiger partial charge in [0.15, 0.2) is 0 Å². The van der Waals surface area contributed by atoms with Gasteiger partial charge in [0.05, 0.1) is 0 Å². The van der Waals surface area contributed by atoms with Crippen molar-refractivity contribution in [2.24, 2.45) is 0 Å². The van der Waals surface area contributed by atoms with E-state index in [0.717, 1.165) is 0 Å². The van der Waals surface area contributed by atoms with E-state index in [4.69, 9.17) is 5.26 Å².